The molecule has 0 fully saturated rings. The van der Waals surface area contributed by atoms with Gasteiger partial charge in [0, 0.05) is 24.1 Å². The van der Waals surface area contributed by atoms with Gasteiger partial charge in [-0.25, -0.2) is 0 Å². The fourth-order valence-electron chi connectivity index (χ4n) is 1.68. The lowest BCUT2D eigenvalue weighted by Gasteiger charge is -2.22. The van der Waals surface area contributed by atoms with Crippen LogP contribution in [0.1, 0.15) is 39.2 Å². The van der Waals surface area contributed by atoms with Crippen molar-refractivity contribution in [2.45, 2.75) is 45.7 Å². The predicted octanol–water partition coefficient (Wildman–Crippen LogP) is 3.38. The minimum absolute atomic E-state index is 0.0593. The molecule has 0 radical (unpaired) electrons. The van der Waals surface area contributed by atoms with Crippen molar-refractivity contribution in [1.82, 2.24) is 5.32 Å². The van der Waals surface area contributed by atoms with E-state index in [1.807, 2.05) is 18.2 Å². The van der Waals surface area contributed by atoms with Crippen LogP contribution in [0.4, 0.5) is 0 Å². The van der Waals surface area contributed by atoms with Crippen molar-refractivity contribution >= 4 is 0 Å². The third-order valence-electron chi connectivity index (χ3n) is 2.80. The Hall–Kier alpha value is -1.66. The summed E-state index contributed by atoms with van der Waals surface area (Å²) >= 11 is 0. The maximum absolute atomic E-state index is 5.81. The van der Waals surface area contributed by atoms with Crippen LogP contribution in [0.15, 0.2) is 18.2 Å². The summed E-state index contributed by atoms with van der Waals surface area (Å²) in [6.07, 6.45) is 6.85. The number of benzene rings is 1. The molecule has 3 heteroatoms. The first-order chi connectivity index (χ1) is 9.46. The van der Waals surface area contributed by atoms with E-state index in [2.05, 4.69) is 32.0 Å². The highest BCUT2D eigenvalue weighted by Gasteiger charge is 2.12. The molecule has 3 nitrogen and oxygen atoms in total. The van der Waals surface area contributed by atoms with Gasteiger partial charge in [-0.05, 0) is 45.4 Å². The molecule has 0 saturated carbocycles. The van der Waals surface area contributed by atoms with E-state index >= 15 is 0 Å². The number of unbranched alkanes of at least 4 members (excludes halogenated alkanes) is 1. The number of nitrogens with one attached hydrogen (secondary N) is 1. The molecule has 110 valence electrons. The van der Waals surface area contributed by atoms with E-state index in [9.17, 15) is 0 Å². The van der Waals surface area contributed by atoms with Crippen LogP contribution in [-0.4, -0.2) is 19.3 Å². The highest BCUT2D eigenvalue weighted by Crippen LogP contribution is 2.25. The molecule has 20 heavy (non-hydrogen) atoms. The van der Waals surface area contributed by atoms with Crippen molar-refractivity contribution in [3.05, 3.63) is 23.8 Å². The lowest BCUT2D eigenvalue weighted by Crippen LogP contribution is -2.35. The smallest absolute Gasteiger partial charge is 0.124 e. The first-order valence-corrected chi connectivity index (χ1v) is 6.94. The van der Waals surface area contributed by atoms with Crippen LogP contribution in [-0.2, 0) is 6.54 Å². The fraction of sp³-hybridized carbons (Fsp3) is 0.529. The second-order valence-electron chi connectivity index (χ2n) is 5.73. The zero-order chi connectivity index (χ0) is 15.0. The van der Waals surface area contributed by atoms with Gasteiger partial charge in [0.1, 0.15) is 11.5 Å². The SMILES string of the molecule is C#CCCCOc1ccc(OC)cc1CNC(C)(C)C. The van der Waals surface area contributed by atoms with Crippen LogP contribution in [0.5, 0.6) is 11.5 Å². The first-order valence-electron chi connectivity index (χ1n) is 6.94. The van der Waals surface area contributed by atoms with Gasteiger partial charge in [0.25, 0.3) is 0 Å². The van der Waals surface area contributed by atoms with E-state index in [0.717, 1.165) is 36.4 Å². The predicted molar refractivity (Wildman–Crippen MR) is 83.1 cm³/mol. The zero-order valence-corrected chi connectivity index (χ0v) is 13.0. The Morgan fingerprint density at radius 1 is 1.30 bits per heavy atom. The van der Waals surface area contributed by atoms with Gasteiger partial charge < -0.3 is 14.8 Å². The van der Waals surface area contributed by atoms with E-state index in [1.54, 1.807) is 7.11 Å². The summed E-state index contributed by atoms with van der Waals surface area (Å²) in [5.74, 6) is 4.35. The number of rotatable bonds is 7. The van der Waals surface area contributed by atoms with Gasteiger partial charge in [-0.15, -0.1) is 12.3 Å². The molecule has 0 bridgehead atoms. The molecule has 0 atom stereocenters. The van der Waals surface area contributed by atoms with E-state index in [1.165, 1.54) is 0 Å². The lowest BCUT2D eigenvalue weighted by molar-refractivity contribution is 0.306. The lowest BCUT2D eigenvalue weighted by atomic mass is 10.1. The number of hydrogen-bond acceptors (Lipinski definition) is 3. The fourth-order valence-corrected chi connectivity index (χ4v) is 1.68. The largest absolute Gasteiger partial charge is 0.497 e. The Morgan fingerprint density at radius 2 is 2.05 bits per heavy atom. The average Bonchev–Trinajstić information content (AvgIpc) is 2.41. The van der Waals surface area contributed by atoms with Crippen LogP contribution in [0, 0.1) is 12.3 Å². The summed E-state index contributed by atoms with van der Waals surface area (Å²) in [5, 5.41) is 3.46. The zero-order valence-electron chi connectivity index (χ0n) is 13.0. The quantitative estimate of drug-likeness (QED) is 0.611. The molecule has 0 heterocycles. The van der Waals surface area contributed by atoms with Gasteiger partial charge in [-0.3, -0.25) is 0 Å². The number of methoxy groups -OCH3 is 1. The average molecular weight is 275 g/mol. The van der Waals surface area contributed by atoms with Gasteiger partial charge in [0.2, 0.25) is 0 Å². The summed E-state index contributed by atoms with van der Waals surface area (Å²) in [6, 6.07) is 5.88. The molecule has 0 aliphatic carbocycles. The van der Waals surface area contributed by atoms with Gasteiger partial charge in [-0.2, -0.15) is 0 Å². The van der Waals surface area contributed by atoms with Crippen LogP contribution < -0.4 is 14.8 Å². The molecule has 0 aliphatic heterocycles. The monoisotopic (exact) mass is 275 g/mol. The minimum Gasteiger partial charge on any atom is -0.497 e. The Bertz CT molecular complexity index is 455. The summed E-state index contributed by atoms with van der Waals surface area (Å²) < 4.78 is 11.1. The molecule has 1 N–H and O–H groups in total. The number of terminal acetylenes is 1. The molecule has 0 saturated heterocycles. The highest BCUT2D eigenvalue weighted by atomic mass is 16.5. The third kappa shape index (κ3) is 5.99. The van der Waals surface area contributed by atoms with Crippen LogP contribution in [0.3, 0.4) is 0 Å². The minimum atomic E-state index is 0.0593. The van der Waals surface area contributed by atoms with Gasteiger partial charge in [-0.1, -0.05) is 0 Å². The Labute approximate surface area is 122 Å². The highest BCUT2D eigenvalue weighted by molar-refractivity contribution is 5.40. The van der Waals surface area contributed by atoms with E-state index in [-0.39, 0.29) is 5.54 Å². The van der Waals surface area contributed by atoms with Crippen molar-refractivity contribution in [3.63, 3.8) is 0 Å². The Kier molecular flexibility index (Phi) is 6.41. The summed E-state index contributed by atoms with van der Waals surface area (Å²) in [6.45, 7) is 7.80. The standard InChI is InChI=1S/C17H25NO2/c1-6-7-8-11-20-16-10-9-15(19-5)12-14(16)13-18-17(2,3)4/h1,9-10,12,18H,7-8,11,13H2,2-5H3. The van der Waals surface area contributed by atoms with Crippen molar-refractivity contribution in [2.24, 2.45) is 0 Å². The van der Waals surface area contributed by atoms with E-state index in [4.69, 9.17) is 15.9 Å². The molecule has 1 rings (SSSR count). The second kappa shape index (κ2) is 7.81. The van der Waals surface area contributed by atoms with Crippen LogP contribution in [0.25, 0.3) is 0 Å². The molecule has 1 aromatic carbocycles. The summed E-state index contributed by atoms with van der Waals surface area (Å²) in [4.78, 5) is 0. The van der Waals surface area contributed by atoms with Crippen LogP contribution in [0.2, 0.25) is 0 Å². The van der Waals surface area contributed by atoms with E-state index < -0.39 is 0 Å². The van der Waals surface area contributed by atoms with Crippen molar-refractivity contribution < 1.29 is 9.47 Å². The molecule has 0 aliphatic rings. The number of ether oxygens (including phenoxy) is 2. The summed E-state index contributed by atoms with van der Waals surface area (Å²) in [7, 11) is 1.67. The molecule has 1 aromatic rings. The molecule has 0 spiro atoms. The topological polar surface area (TPSA) is 30.5 Å². The Morgan fingerprint density at radius 3 is 2.65 bits per heavy atom. The van der Waals surface area contributed by atoms with Crippen molar-refractivity contribution in [3.8, 4) is 23.8 Å². The first kappa shape index (κ1) is 16.4. The normalized spacial score (nSPS) is 10.9. The van der Waals surface area contributed by atoms with Gasteiger partial charge in [0.05, 0.1) is 13.7 Å². The molecular formula is C17H25NO2. The maximum atomic E-state index is 5.81. The number of hydrogen-bond donors (Lipinski definition) is 1. The molecule has 0 amide bonds. The molecule has 0 unspecified atom stereocenters. The molecular weight excluding hydrogens is 250 g/mol. The van der Waals surface area contributed by atoms with Gasteiger partial charge in [0.15, 0.2) is 0 Å². The van der Waals surface area contributed by atoms with Crippen LogP contribution >= 0.6 is 0 Å². The summed E-state index contributed by atoms with van der Waals surface area (Å²) in [5.41, 5.74) is 1.16. The third-order valence-corrected chi connectivity index (χ3v) is 2.80. The maximum Gasteiger partial charge on any atom is 0.124 e. The molecule has 0 aromatic heterocycles. The van der Waals surface area contributed by atoms with Gasteiger partial charge >= 0.3 is 0 Å². The second-order valence-corrected chi connectivity index (χ2v) is 5.73. The van der Waals surface area contributed by atoms with Crippen molar-refractivity contribution in [2.75, 3.05) is 13.7 Å². The Balaban J connectivity index is 2.73. The van der Waals surface area contributed by atoms with Crippen molar-refractivity contribution in [1.29, 1.82) is 0 Å². The van der Waals surface area contributed by atoms with E-state index in [0.29, 0.717) is 6.61 Å².